The minimum absolute atomic E-state index is 0.0473. The lowest BCUT2D eigenvalue weighted by Crippen LogP contribution is -2.08. The van der Waals surface area contributed by atoms with Gasteiger partial charge in [-0.05, 0) is 31.0 Å². The van der Waals surface area contributed by atoms with E-state index in [4.69, 9.17) is 5.11 Å². The smallest absolute Gasteiger partial charge is 0.303 e. The highest BCUT2D eigenvalue weighted by Gasteiger charge is 2.11. The summed E-state index contributed by atoms with van der Waals surface area (Å²) in [6.45, 7) is 0. The van der Waals surface area contributed by atoms with Crippen molar-refractivity contribution in [2.45, 2.75) is 19.3 Å². The summed E-state index contributed by atoms with van der Waals surface area (Å²) in [6, 6.07) is 7.81. The van der Waals surface area contributed by atoms with Crippen LogP contribution >= 0.6 is 11.3 Å². The Kier molecular flexibility index (Phi) is 4.20. The molecular weight excluding hydrogens is 319 g/mol. The molecule has 0 aliphatic rings. The molecule has 0 atom stereocenters. The molecule has 118 valence electrons. The number of nitrogens with one attached hydrogen (secondary N) is 1. The van der Waals surface area contributed by atoms with Crippen LogP contribution in [0.5, 0.6) is 0 Å². The van der Waals surface area contributed by atoms with E-state index in [1.165, 1.54) is 23.5 Å². The molecule has 0 spiro atoms. The van der Waals surface area contributed by atoms with Gasteiger partial charge >= 0.3 is 5.97 Å². The Labute approximate surface area is 134 Å². The largest absolute Gasteiger partial charge is 0.481 e. The molecule has 0 saturated heterocycles. The van der Waals surface area contributed by atoms with Gasteiger partial charge in [-0.25, -0.2) is 9.37 Å². The van der Waals surface area contributed by atoms with Gasteiger partial charge < -0.3 is 10.1 Å². The van der Waals surface area contributed by atoms with Crippen LogP contribution in [0.4, 0.5) is 4.39 Å². The number of aromatic amines is 1. The Hall–Kier alpha value is -2.54. The number of aryl methyl sites for hydroxylation is 1. The van der Waals surface area contributed by atoms with E-state index < -0.39 is 5.97 Å². The summed E-state index contributed by atoms with van der Waals surface area (Å²) in [4.78, 5) is 29.8. The topological polar surface area (TPSA) is 83.0 Å². The number of halogens is 1. The third-order valence-electron chi connectivity index (χ3n) is 3.35. The maximum Gasteiger partial charge on any atom is 0.303 e. The van der Waals surface area contributed by atoms with E-state index in [0.29, 0.717) is 39.3 Å². The van der Waals surface area contributed by atoms with E-state index in [1.807, 2.05) is 0 Å². The SMILES string of the molecule is O=C(O)CCCc1cc2nc(-c3cccc(F)c3)sc2c(=O)[nH]1. The summed E-state index contributed by atoms with van der Waals surface area (Å²) in [7, 11) is 0. The third-order valence-corrected chi connectivity index (χ3v) is 4.47. The number of H-pyrrole nitrogens is 1. The van der Waals surface area contributed by atoms with E-state index in [1.54, 1.807) is 18.2 Å². The number of carbonyl (C=O) groups is 1. The van der Waals surface area contributed by atoms with E-state index in [9.17, 15) is 14.0 Å². The first-order chi connectivity index (χ1) is 11.0. The molecule has 2 aromatic heterocycles. The molecule has 0 aliphatic heterocycles. The molecule has 2 heterocycles. The van der Waals surface area contributed by atoms with Gasteiger partial charge in [0.1, 0.15) is 15.5 Å². The highest BCUT2D eigenvalue weighted by Crippen LogP contribution is 2.28. The Morgan fingerprint density at radius 3 is 2.91 bits per heavy atom. The van der Waals surface area contributed by atoms with Gasteiger partial charge in [-0.2, -0.15) is 0 Å². The fourth-order valence-corrected chi connectivity index (χ4v) is 3.24. The molecule has 0 aliphatic carbocycles. The van der Waals surface area contributed by atoms with Gasteiger partial charge in [-0.15, -0.1) is 11.3 Å². The van der Waals surface area contributed by atoms with Gasteiger partial charge in [0.05, 0.1) is 5.52 Å². The van der Waals surface area contributed by atoms with Crippen molar-refractivity contribution < 1.29 is 14.3 Å². The highest BCUT2D eigenvalue weighted by molar-refractivity contribution is 7.21. The minimum Gasteiger partial charge on any atom is -0.481 e. The molecule has 0 bridgehead atoms. The maximum atomic E-state index is 13.3. The Bertz CT molecular complexity index is 932. The summed E-state index contributed by atoms with van der Waals surface area (Å²) in [5.74, 6) is -1.22. The van der Waals surface area contributed by atoms with Crippen LogP contribution in [0, 0.1) is 5.82 Å². The van der Waals surface area contributed by atoms with Crippen LogP contribution in [0.15, 0.2) is 35.1 Å². The fraction of sp³-hybridized carbons (Fsp3) is 0.188. The van der Waals surface area contributed by atoms with Crippen LogP contribution in [0.25, 0.3) is 20.8 Å². The van der Waals surface area contributed by atoms with Crippen molar-refractivity contribution in [2.24, 2.45) is 0 Å². The number of carboxylic acid groups (broad SMARTS) is 1. The van der Waals surface area contributed by atoms with Gasteiger partial charge in [0.25, 0.3) is 5.56 Å². The standard InChI is InChI=1S/C16H13FN2O3S/c17-10-4-1-3-9(7-10)16-19-12-8-11(5-2-6-13(20)21)18-15(22)14(12)23-16/h1,3-4,7-8H,2,5-6H2,(H,18,22)(H,20,21). The highest BCUT2D eigenvalue weighted by atomic mass is 32.1. The van der Waals surface area contributed by atoms with E-state index in [0.717, 1.165) is 0 Å². The number of aromatic nitrogens is 2. The molecule has 3 aromatic rings. The van der Waals surface area contributed by atoms with Crippen LogP contribution in [0.2, 0.25) is 0 Å². The van der Waals surface area contributed by atoms with Crippen molar-refractivity contribution in [2.75, 3.05) is 0 Å². The molecule has 3 rings (SSSR count). The molecular formula is C16H13FN2O3S. The van der Waals surface area contributed by atoms with Crippen molar-refractivity contribution in [3.8, 4) is 10.6 Å². The number of nitrogens with zero attached hydrogens (tertiary/aromatic N) is 1. The zero-order valence-electron chi connectivity index (χ0n) is 12.0. The van der Waals surface area contributed by atoms with Gasteiger partial charge in [0, 0.05) is 17.7 Å². The van der Waals surface area contributed by atoms with Crippen molar-refractivity contribution in [1.29, 1.82) is 0 Å². The zero-order chi connectivity index (χ0) is 16.4. The van der Waals surface area contributed by atoms with Crippen molar-refractivity contribution in [1.82, 2.24) is 9.97 Å². The summed E-state index contributed by atoms with van der Waals surface area (Å²) >= 11 is 1.21. The van der Waals surface area contributed by atoms with E-state index in [-0.39, 0.29) is 17.8 Å². The van der Waals surface area contributed by atoms with Crippen LogP contribution in [-0.2, 0) is 11.2 Å². The van der Waals surface area contributed by atoms with Crippen LogP contribution in [-0.4, -0.2) is 21.0 Å². The Morgan fingerprint density at radius 1 is 1.35 bits per heavy atom. The molecule has 0 unspecified atom stereocenters. The Balaban J connectivity index is 1.94. The van der Waals surface area contributed by atoms with Crippen LogP contribution in [0.1, 0.15) is 18.5 Å². The molecule has 0 radical (unpaired) electrons. The number of pyridine rings is 1. The quantitative estimate of drug-likeness (QED) is 0.751. The molecule has 2 N–H and O–H groups in total. The first kappa shape index (κ1) is 15.4. The lowest BCUT2D eigenvalue weighted by atomic mass is 10.2. The lowest BCUT2D eigenvalue weighted by molar-refractivity contribution is -0.137. The second-order valence-corrected chi connectivity index (χ2v) is 6.11. The summed E-state index contributed by atoms with van der Waals surface area (Å²) < 4.78 is 13.8. The molecule has 7 heteroatoms. The van der Waals surface area contributed by atoms with Crippen LogP contribution < -0.4 is 5.56 Å². The van der Waals surface area contributed by atoms with E-state index in [2.05, 4.69) is 9.97 Å². The normalized spacial score (nSPS) is 11.0. The average Bonchev–Trinajstić information content (AvgIpc) is 2.91. The summed E-state index contributed by atoms with van der Waals surface area (Å²) in [5.41, 5.74) is 1.56. The molecule has 1 aromatic carbocycles. The maximum absolute atomic E-state index is 13.3. The molecule has 0 fully saturated rings. The number of benzene rings is 1. The number of hydrogen-bond acceptors (Lipinski definition) is 4. The van der Waals surface area contributed by atoms with Gasteiger partial charge in [-0.1, -0.05) is 12.1 Å². The number of rotatable bonds is 5. The summed E-state index contributed by atoms with van der Waals surface area (Å²) in [6.07, 6.45) is 0.952. The predicted molar refractivity (Wildman–Crippen MR) is 86.2 cm³/mol. The zero-order valence-corrected chi connectivity index (χ0v) is 12.8. The van der Waals surface area contributed by atoms with Gasteiger partial charge in [-0.3, -0.25) is 9.59 Å². The second-order valence-electron chi connectivity index (χ2n) is 5.11. The number of thiazole rings is 1. The molecule has 5 nitrogen and oxygen atoms in total. The van der Waals surface area contributed by atoms with Crippen molar-refractivity contribution >= 4 is 27.5 Å². The second kappa shape index (κ2) is 6.29. The lowest BCUT2D eigenvalue weighted by Gasteiger charge is -1.99. The molecule has 0 amide bonds. The summed E-state index contributed by atoms with van der Waals surface area (Å²) in [5, 5.41) is 9.23. The first-order valence-corrected chi connectivity index (χ1v) is 7.85. The number of carboxylic acids is 1. The fourth-order valence-electron chi connectivity index (χ4n) is 2.31. The molecule has 23 heavy (non-hydrogen) atoms. The average molecular weight is 332 g/mol. The third kappa shape index (κ3) is 3.45. The van der Waals surface area contributed by atoms with Crippen molar-refractivity contribution in [3.63, 3.8) is 0 Å². The van der Waals surface area contributed by atoms with E-state index >= 15 is 0 Å². The van der Waals surface area contributed by atoms with Gasteiger partial charge in [0.15, 0.2) is 0 Å². The first-order valence-electron chi connectivity index (χ1n) is 7.03. The Morgan fingerprint density at radius 2 is 2.17 bits per heavy atom. The van der Waals surface area contributed by atoms with Crippen molar-refractivity contribution in [3.05, 3.63) is 52.2 Å². The van der Waals surface area contributed by atoms with Crippen LogP contribution in [0.3, 0.4) is 0 Å². The monoisotopic (exact) mass is 332 g/mol. The molecule has 0 saturated carbocycles. The number of hydrogen-bond donors (Lipinski definition) is 2. The number of aliphatic carboxylic acids is 1. The minimum atomic E-state index is -0.865. The predicted octanol–water partition coefficient (Wildman–Crippen LogP) is 3.20. The van der Waals surface area contributed by atoms with Gasteiger partial charge in [0.2, 0.25) is 0 Å². The number of fused-ring (bicyclic) bond motifs is 1.